The lowest BCUT2D eigenvalue weighted by Gasteiger charge is -2.04. The first-order valence-corrected chi connectivity index (χ1v) is 8.36. The van der Waals surface area contributed by atoms with Crippen LogP contribution >= 0.6 is 0 Å². The average Bonchev–Trinajstić information content (AvgIpc) is 3.24. The number of esters is 1. The molecule has 0 fully saturated rings. The molecule has 0 amide bonds. The average molecular weight is 370 g/mol. The molecular weight excluding hydrogens is 354 g/mol. The zero-order valence-corrected chi connectivity index (χ0v) is 14.9. The number of hydrogen-bond donors (Lipinski definition) is 1. The zero-order valence-electron chi connectivity index (χ0n) is 14.9. The largest absolute Gasteiger partial charge is 0.465 e. The molecule has 3 heterocycles. The highest BCUT2D eigenvalue weighted by molar-refractivity contribution is 5.95. The second-order valence-corrected chi connectivity index (χ2v) is 6.18. The number of ether oxygens (including phenoxy) is 1. The van der Waals surface area contributed by atoms with E-state index in [1.165, 1.54) is 10.6 Å². The number of pyridine rings is 1. The van der Waals surface area contributed by atoms with Crippen LogP contribution in [0.15, 0.2) is 24.3 Å². The predicted molar refractivity (Wildman–Crippen MR) is 96.4 cm³/mol. The monoisotopic (exact) mass is 370 g/mol. The Bertz CT molecular complexity index is 1210. The van der Waals surface area contributed by atoms with Crippen LogP contribution in [0.25, 0.3) is 33.6 Å². The normalized spacial score (nSPS) is 11.4. The van der Waals surface area contributed by atoms with Gasteiger partial charge in [0.05, 0.1) is 18.3 Å². The van der Waals surface area contributed by atoms with Crippen LogP contribution in [0.3, 0.4) is 0 Å². The Morgan fingerprint density at radius 3 is 2.70 bits per heavy atom. The van der Waals surface area contributed by atoms with E-state index in [1.54, 1.807) is 7.05 Å². The Hall–Kier alpha value is -3.29. The Balaban J connectivity index is 1.94. The molecule has 3 aromatic heterocycles. The number of benzene rings is 1. The van der Waals surface area contributed by atoms with Gasteiger partial charge in [-0.15, -0.1) is 0 Å². The molecule has 0 aliphatic carbocycles. The van der Waals surface area contributed by atoms with Gasteiger partial charge in [-0.25, -0.2) is 23.5 Å². The van der Waals surface area contributed by atoms with Crippen molar-refractivity contribution in [3.05, 3.63) is 47.2 Å². The van der Waals surface area contributed by atoms with Crippen LogP contribution < -0.4 is 0 Å². The summed E-state index contributed by atoms with van der Waals surface area (Å²) < 4.78 is 34.8. The molecule has 8 heteroatoms. The molecule has 0 spiro atoms. The van der Waals surface area contributed by atoms with Gasteiger partial charge in [-0.05, 0) is 30.7 Å². The third kappa shape index (κ3) is 2.56. The fraction of sp³-hybridized carbons (Fsp3) is 0.211. The van der Waals surface area contributed by atoms with Gasteiger partial charge in [0.1, 0.15) is 16.7 Å². The number of rotatable bonds is 3. The number of nitrogens with one attached hydrogen (secondary N) is 1. The summed E-state index contributed by atoms with van der Waals surface area (Å²) in [7, 11) is 2.69. The molecule has 0 bridgehead atoms. The van der Waals surface area contributed by atoms with Crippen LogP contribution in [0.1, 0.15) is 23.0 Å². The van der Waals surface area contributed by atoms with Gasteiger partial charge >= 0.3 is 5.97 Å². The first-order valence-electron chi connectivity index (χ1n) is 8.36. The zero-order chi connectivity index (χ0) is 19.3. The molecular formula is C19H16F2N4O2. The van der Waals surface area contributed by atoms with Crippen molar-refractivity contribution in [2.75, 3.05) is 7.11 Å². The predicted octanol–water partition coefficient (Wildman–Crippen LogP) is 3.74. The summed E-state index contributed by atoms with van der Waals surface area (Å²) in [5.41, 5.74) is 1.89. The molecule has 0 saturated carbocycles. The molecule has 1 aromatic carbocycles. The molecule has 0 atom stereocenters. The summed E-state index contributed by atoms with van der Waals surface area (Å²) in [6.45, 7) is 2.01. The van der Waals surface area contributed by atoms with Crippen molar-refractivity contribution in [1.82, 2.24) is 19.5 Å². The number of fused-ring (bicyclic) bond motifs is 2. The topological polar surface area (TPSA) is 72.8 Å². The van der Waals surface area contributed by atoms with Crippen LogP contribution in [0.4, 0.5) is 8.78 Å². The Kier molecular flexibility index (Phi) is 3.91. The molecule has 0 unspecified atom stereocenters. The summed E-state index contributed by atoms with van der Waals surface area (Å²) in [4.78, 5) is 23.8. The Morgan fingerprint density at radius 1 is 1.22 bits per heavy atom. The molecule has 27 heavy (non-hydrogen) atoms. The second kappa shape index (κ2) is 6.15. The fourth-order valence-corrected chi connectivity index (χ4v) is 3.17. The molecule has 4 aromatic rings. The van der Waals surface area contributed by atoms with Crippen molar-refractivity contribution in [2.24, 2.45) is 7.05 Å². The van der Waals surface area contributed by atoms with E-state index in [9.17, 15) is 13.6 Å². The number of aromatic amines is 1. The summed E-state index contributed by atoms with van der Waals surface area (Å²) in [6.07, 6.45) is 0.803. The SMILES string of the molecule is CCc1ccc2cc(-c3nc4cc(C(=O)OC)c(F)c(F)c4n3C)[nH]c2n1. The summed E-state index contributed by atoms with van der Waals surface area (Å²) in [5.74, 6) is -2.95. The number of aryl methyl sites for hydroxylation is 2. The number of methoxy groups -OCH3 is 1. The highest BCUT2D eigenvalue weighted by Gasteiger charge is 2.24. The van der Waals surface area contributed by atoms with Gasteiger partial charge in [-0.3, -0.25) is 0 Å². The first-order chi connectivity index (χ1) is 12.9. The smallest absolute Gasteiger partial charge is 0.341 e. The molecule has 0 radical (unpaired) electrons. The second-order valence-electron chi connectivity index (χ2n) is 6.18. The minimum absolute atomic E-state index is 0.0315. The van der Waals surface area contributed by atoms with E-state index in [2.05, 4.69) is 19.7 Å². The van der Waals surface area contributed by atoms with Gasteiger partial charge in [0.25, 0.3) is 0 Å². The molecule has 6 nitrogen and oxygen atoms in total. The first kappa shape index (κ1) is 17.1. The van der Waals surface area contributed by atoms with Gasteiger partial charge in [0.15, 0.2) is 17.5 Å². The quantitative estimate of drug-likeness (QED) is 0.558. The Morgan fingerprint density at radius 2 is 2.00 bits per heavy atom. The van der Waals surface area contributed by atoms with Gasteiger partial charge in [-0.1, -0.05) is 6.92 Å². The third-order valence-corrected chi connectivity index (χ3v) is 4.59. The van der Waals surface area contributed by atoms with Crippen LogP contribution in [0.5, 0.6) is 0 Å². The molecule has 0 aliphatic heterocycles. The van der Waals surface area contributed by atoms with E-state index in [0.29, 0.717) is 17.2 Å². The number of carbonyl (C=O) groups excluding carboxylic acids is 1. The highest BCUT2D eigenvalue weighted by atomic mass is 19.2. The standard InChI is InChI=1S/C19H16F2N4O2/c1-4-10-6-5-9-7-13(23-17(9)22-10)18-24-12-8-11(19(26)27-3)14(20)15(21)16(12)25(18)2/h5-8H,4H2,1-3H3,(H,22,23). The number of carbonyl (C=O) groups is 1. The molecule has 4 rings (SSSR count). The maximum absolute atomic E-state index is 14.6. The maximum atomic E-state index is 14.6. The van der Waals surface area contributed by atoms with Crippen LogP contribution in [-0.2, 0) is 18.2 Å². The van der Waals surface area contributed by atoms with Crippen molar-refractivity contribution in [1.29, 1.82) is 0 Å². The van der Waals surface area contributed by atoms with E-state index < -0.39 is 23.2 Å². The van der Waals surface area contributed by atoms with E-state index >= 15 is 0 Å². The van der Waals surface area contributed by atoms with Gasteiger partial charge < -0.3 is 14.3 Å². The van der Waals surface area contributed by atoms with Crippen LogP contribution in [0.2, 0.25) is 0 Å². The van der Waals surface area contributed by atoms with Gasteiger partial charge in [-0.2, -0.15) is 0 Å². The number of imidazole rings is 1. The lowest BCUT2D eigenvalue weighted by Crippen LogP contribution is -2.07. The minimum atomic E-state index is -1.25. The molecule has 1 N–H and O–H groups in total. The highest BCUT2D eigenvalue weighted by Crippen LogP contribution is 2.30. The number of H-pyrrole nitrogens is 1. The van der Waals surface area contributed by atoms with Crippen molar-refractivity contribution >= 4 is 28.0 Å². The molecule has 0 aliphatic rings. The lowest BCUT2D eigenvalue weighted by molar-refractivity contribution is 0.0594. The summed E-state index contributed by atoms with van der Waals surface area (Å²) >= 11 is 0. The van der Waals surface area contributed by atoms with Crippen molar-refractivity contribution in [3.63, 3.8) is 0 Å². The maximum Gasteiger partial charge on any atom is 0.341 e. The number of nitrogens with zero attached hydrogens (tertiary/aromatic N) is 3. The lowest BCUT2D eigenvalue weighted by atomic mass is 10.1. The van der Waals surface area contributed by atoms with Crippen LogP contribution in [-0.4, -0.2) is 32.6 Å². The van der Waals surface area contributed by atoms with Crippen molar-refractivity contribution in [2.45, 2.75) is 13.3 Å². The number of aromatic nitrogens is 4. The van der Waals surface area contributed by atoms with Crippen molar-refractivity contribution < 1.29 is 18.3 Å². The van der Waals surface area contributed by atoms with Gasteiger partial charge in [0.2, 0.25) is 0 Å². The van der Waals surface area contributed by atoms with E-state index in [0.717, 1.165) is 24.6 Å². The molecule has 0 saturated heterocycles. The van der Waals surface area contributed by atoms with Gasteiger partial charge in [0, 0.05) is 18.1 Å². The van der Waals surface area contributed by atoms with Crippen molar-refractivity contribution in [3.8, 4) is 11.5 Å². The Labute approximate surface area is 152 Å². The number of halogens is 2. The fourth-order valence-electron chi connectivity index (χ4n) is 3.17. The van der Waals surface area contributed by atoms with E-state index in [1.807, 2.05) is 25.1 Å². The summed E-state index contributed by atoms with van der Waals surface area (Å²) in [5, 5.41) is 0.885. The van der Waals surface area contributed by atoms with E-state index in [-0.39, 0.29) is 11.0 Å². The minimum Gasteiger partial charge on any atom is -0.465 e. The number of hydrogen-bond acceptors (Lipinski definition) is 4. The molecule has 138 valence electrons. The summed E-state index contributed by atoms with van der Waals surface area (Å²) in [6, 6.07) is 6.92. The van der Waals surface area contributed by atoms with Crippen LogP contribution in [0, 0.1) is 11.6 Å². The van der Waals surface area contributed by atoms with E-state index in [4.69, 9.17) is 0 Å². The third-order valence-electron chi connectivity index (χ3n) is 4.59.